The largest absolute Gasteiger partial charge is 0.495 e. The van der Waals surface area contributed by atoms with Crippen LogP contribution >= 0.6 is 0 Å². The summed E-state index contributed by atoms with van der Waals surface area (Å²) in [7, 11) is 1.61. The maximum absolute atomic E-state index is 12.8. The number of amides is 1. The molecule has 1 amide bonds. The van der Waals surface area contributed by atoms with Crippen LogP contribution in [0.15, 0.2) is 30.3 Å². The Morgan fingerprint density at radius 2 is 1.85 bits per heavy atom. The van der Waals surface area contributed by atoms with Gasteiger partial charge in [-0.2, -0.15) is 0 Å². The lowest BCUT2D eigenvalue weighted by molar-refractivity contribution is 0.102. The normalized spacial score (nSPS) is 15.0. The summed E-state index contributed by atoms with van der Waals surface area (Å²) in [4.78, 5) is 15.3. The van der Waals surface area contributed by atoms with E-state index in [4.69, 9.17) is 4.74 Å². The number of hydrogen-bond acceptors (Lipinski definition) is 3. The number of anilines is 1. The van der Waals surface area contributed by atoms with Crippen LogP contribution in [0.2, 0.25) is 0 Å². The second-order valence-corrected chi connectivity index (χ2v) is 6.99. The molecule has 2 aromatic rings. The molecule has 0 atom stereocenters. The molecular weight excluding hydrogens is 326 g/mol. The Labute approximate surface area is 156 Å². The van der Waals surface area contributed by atoms with Crippen molar-refractivity contribution in [1.29, 1.82) is 0 Å². The van der Waals surface area contributed by atoms with Crippen LogP contribution in [-0.2, 0) is 6.54 Å². The monoisotopic (exact) mass is 355 g/mol. The summed E-state index contributed by atoms with van der Waals surface area (Å²) in [5.41, 5.74) is 3.57. The molecule has 1 saturated heterocycles. The molecule has 0 unspecified atom stereocenters. The number of carbonyl (C=O) groups is 1. The predicted molar refractivity (Wildman–Crippen MR) is 105 cm³/mol. The molecule has 5 nitrogen and oxygen atoms in total. The minimum atomic E-state index is -0.0909. The highest BCUT2D eigenvalue weighted by molar-refractivity contribution is 6.06. The average molecular weight is 355 g/mol. The van der Waals surface area contributed by atoms with Crippen molar-refractivity contribution in [2.75, 3.05) is 32.1 Å². The van der Waals surface area contributed by atoms with Crippen molar-refractivity contribution in [3.8, 4) is 5.75 Å². The van der Waals surface area contributed by atoms with Gasteiger partial charge in [-0.15, -0.1) is 0 Å². The lowest BCUT2D eigenvalue weighted by Crippen LogP contribution is -2.32. The number of carbonyl (C=O) groups excluding carboxylic acids is 1. The van der Waals surface area contributed by atoms with Crippen LogP contribution in [0, 0.1) is 13.8 Å². The van der Waals surface area contributed by atoms with E-state index >= 15 is 0 Å². The molecule has 0 bridgehead atoms. The van der Waals surface area contributed by atoms with E-state index in [0.717, 1.165) is 30.0 Å². The molecule has 1 aliphatic heterocycles. The summed E-state index contributed by atoms with van der Waals surface area (Å²) in [6, 6.07) is 9.46. The molecule has 2 heterocycles. The van der Waals surface area contributed by atoms with E-state index in [1.54, 1.807) is 7.11 Å². The Morgan fingerprint density at radius 3 is 2.58 bits per heavy atom. The standard InChI is InChI=1S/C21H29N3O2/c1-16-15-18(21(25)22-19-9-5-6-10-20(19)26-3)17(2)24(16)14-13-23-11-7-4-8-12-23/h5-6,9-10,15H,4,7-8,11-14H2,1-3H3,(H,22,25). The number of para-hydroxylation sites is 2. The topological polar surface area (TPSA) is 46.5 Å². The second kappa shape index (κ2) is 8.41. The molecular formula is C21H29N3O2. The summed E-state index contributed by atoms with van der Waals surface area (Å²) >= 11 is 0. The van der Waals surface area contributed by atoms with Gasteiger partial charge in [-0.1, -0.05) is 18.6 Å². The Bertz CT molecular complexity index is 761. The number of rotatable bonds is 6. The highest BCUT2D eigenvalue weighted by atomic mass is 16.5. The van der Waals surface area contributed by atoms with Crippen LogP contribution < -0.4 is 10.1 Å². The van der Waals surface area contributed by atoms with E-state index in [9.17, 15) is 4.79 Å². The molecule has 3 rings (SSSR count). The third kappa shape index (κ3) is 4.10. The van der Waals surface area contributed by atoms with Crippen LogP contribution in [0.4, 0.5) is 5.69 Å². The summed E-state index contributed by atoms with van der Waals surface area (Å²) < 4.78 is 7.58. The smallest absolute Gasteiger partial charge is 0.257 e. The molecule has 0 spiro atoms. The number of nitrogens with zero attached hydrogens (tertiary/aromatic N) is 2. The van der Waals surface area contributed by atoms with Crippen LogP contribution in [-0.4, -0.2) is 42.1 Å². The molecule has 1 N–H and O–H groups in total. The van der Waals surface area contributed by atoms with Gasteiger partial charge in [0.2, 0.25) is 0 Å². The van der Waals surface area contributed by atoms with Crippen LogP contribution in [0.25, 0.3) is 0 Å². The molecule has 140 valence electrons. The van der Waals surface area contributed by atoms with Gasteiger partial charge in [0.1, 0.15) is 5.75 Å². The first kappa shape index (κ1) is 18.5. The van der Waals surface area contributed by atoms with Gasteiger partial charge >= 0.3 is 0 Å². The Balaban J connectivity index is 1.71. The molecule has 0 radical (unpaired) electrons. The second-order valence-electron chi connectivity index (χ2n) is 6.99. The quantitative estimate of drug-likeness (QED) is 0.856. The van der Waals surface area contributed by atoms with Gasteiger partial charge < -0.3 is 19.5 Å². The van der Waals surface area contributed by atoms with Crippen LogP contribution in [0.1, 0.15) is 41.0 Å². The van der Waals surface area contributed by atoms with E-state index in [0.29, 0.717) is 11.4 Å². The average Bonchev–Trinajstić information content (AvgIpc) is 2.95. The lowest BCUT2D eigenvalue weighted by atomic mass is 10.1. The Hall–Kier alpha value is -2.27. The number of aryl methyl sites for hydroxylation is 1. The van der Waals surface area contributed by atoms with Gasteiger partial charge in [0.05, 0.1) is 18.4 Å². The van der Waals surface area contributed by atoms with Gasteiger partial charge in [0, 0.05) is 24.5 Å². The van der Waals surface area contributed by atoms with E-state index in [1.165, 1.54) is 32.4 Å². The number of piperidine rings is 1. The summed E-state index contributed by atoms with van der Waals surface area (Å²) in [6.45, 7) is 8.47. The van der Waals surface area contributed by atoms with E-state index < -0.39 is 0 Å². The molecule has 5 heteroatoms. The number of ether oxygens (including phenoxy) is 1. The summed E-state index contributed by atoms with van der Waals surface area (Å²) in [5.74, 6) is 0.576. The molecule has 1 aromatic heterocycles. The lowest BCUT2D eigenvalue weighted by Gasteiger charge is -2.27. The fraction of sp³-hybridized carbons (Fsp3) is 0.476. The van der Waals surface area contributed by atoms with Gasteiger partial charge in [-0.05, 0) is 58.0 Å². The summed E-state index contributed by atoms with van der Waals surface area (Å²) in [6.07, 6.45) is 3.96. The summed E-state index contributed by atoms with van der Waals surface area (Å²) in [5, 5.41) is 2.98. The zero-order valence-electron chi connectivity index (χ0n) is 16.0. The zero-order valence-corrected chi connectivity index (χ0v) is 16.0. The highest BCUT2D eigenvalue weighted by Crippen LogP contribution is 2.25. The van der Waals surface area contributed by atoms with Gasteiger partial charge in [0.15, 0.2) is 0 Å². The van der Waals surface area contributed by atoms with E-state index in [2.05, 4.69) is 21.7 Å². The third-order valence-electron chi connectivity index (χ3n) is 5.26. The molecule has 0 aliphatic carbocycles. The molecule has 1 aliphatic rings. The number of nitrogens with one attached hydrogen (secondary N) is 1. The highest BCUT2D eigenvalue weighted by Gasteiger charge is 2.18. The van der Waals surface area contributed by atoms with Crippen molar-refractivity contribution in [3.63, 3.8) is 0 Å². The van der Waals surface area contributed by atoms with Gasteiger partial charge in [0.25, 0.3) is 5.91 Å². The number of benzene rings is 1. The first-order valence-electron chi connectivity index (χ1n) is 9.43. The molecule has 1 aromatic carbocycles. The first-order valence-corrected chi connectivity index (χ1v) is 9.43. The fourth-order valence-corrected chi connectivity index (χ4v) is 3.74. The fourth-order valence-electron chi connectivity index (χ4n) is 3.74. The Kier molecular flexibility index (Phi) is 5.99. The molecule has 1 fully saturated rings. The van der Waals surface area contributed by atoms with Crippen molar-refractivity contribution < 1.29 is 9.53 Å². The SMILES string of the molecule is COc1ccccc1NC(=O)c1cc(C)n(CCN2CCCCC2)c1C. The predicted octanol–water partition coefficient (Wildman–Crippen LogP) is 3.85. The third-order valence-corrected chi connectivity index (χ3v) is 5.26. The van der Waals surface area contributed by atoms with Crippen LogP contribution in [0.3, 0.4) is 0 Å². The van der Waals surface area contributed by atoms with Crippen LogP contribution in [0.5, 0.6) is 5.75 Å². The van der Waals surface area contributed by atoms with Crippen molar-refractivity contribution >= 4 is 11.6 Å². The van der Waals surface area contributed by atoms with Crippen molar-refractivity contribution in [3.05, 3.63) is 47.3 Å². The maximum Gasteiger partial charge on any atom is 0.257 e. The van der Waals surface area contributed by atoms with E-state index in [-0.39, 0.29) is 5.91 Å². The molecule has 26 heavy (non-hydrogen) atoms. The molecule has 0 saturated carbocycles. The number of likely N-dealkylation sites (tertiary alicyclic amines) is 1. The van der Waals surface area contributed by atoms with Gasteiger partial charge in [-0.3, -0.25) is 4.79 Å². The number of methoxy groups -OCH3 is 1. The Morgan fingerprint density at radius 1 is 1.12 bits per heavy atom. The number of aromatic nitrogens is 1. The van der Waals surface area contributed by atoms with E-state index in [1.807, 2.05) is 37.3 Å². The number of hydrogen-bond donors (Lipinski definition) is 1. The zero-order chi connectivity index (χ0) is 18.5. The van der Waals surface area contributed by atoms with Gasteiger partial charge in [-0.25, -0.2) is 0 Å². The van der Waals surface area contributed by atoms with Crippen molar-refractivity contribution in [1.82, 2.24) is 9.47 Å². The maximum atomic E-state index is 12.8. The van der Waals surface area contributed by atoms with Crippen molar-refractivity contribution in [2.45, 2.75) is 39.7 Å². The first-order chi connectivity index (χ1) is 12.6. The van der Waals surface area contributed by atoms with Crippen molar-refractivity contribution in [2.24, 2.45) is 0 Å². The minimum Gasteiger partial charge on any atom is -0.495 e. The minimum absolute atomic E-state index is 0.0909.